The van der Waals surface area contributed by atoms with Gasteiger partial charge in [0.1, 0.15) is 6.54 Å². The molecule has 0 unspecified atom stereocenters. The third-order valence-electron chi connectivity index (χ3n) is 5.27. The van der Waals surface area contributed by atoms with E-state index < -0.39 is 0 Å². The van der Waals surface area contributed by atoms with Gasteiger partial charge in [-0.15, -0.1) is 0 Å². The van der Waals surface area contributed by atoms with Crippen LogP contribution in [0.5, 0.6) is 0 Å². The van der Waals surface area contributed by atoms with Crippen molar-refractivity contribution in [3.63, 3.8) is 0 Å². The van der Waals surface area contributed by atoms with Crippen LogP contribution in [0.15, 0.2) is 54.6 Å². The maximum atomic E-state index is 12.9. The van der Waals surface area contributed by atoms with Gasteiger partial charge in [0.2, 0.25) is 5.91 Å². The van der Waals surface area contributed by atoms with E-state index in [0.717, 1.165) is 11.1 Å². The van der Waals surface area contributed by atoms with Crippen LogP contribution >= 0.6 is 12.2 Å². The summed E-state index contributed by atoms with van der Waals surface area (Å²) < 4.78 is 2.14. The molecule has 3 aromatic rings. The molecule has 1 saturated heterocycles. The molecule has 1 aliphatic heterocycles. The monoisotopic (exact) mass is 421 g/mol. The van der Waals surface area contributed by atoms with Crippen molar-refractivity contribution in [3.8, 4) is 11.4 Å². The van der Waals surface area contributed by atoms with Gasteiger partial charge in [0.15, 0.2) is 10.6 Å². The molecular formula is C22H23N5O2S. The summed E-state index contributed by atoms with van der Waals surface area (Å²) in [6, 6.07) is 17.2. The Hall–Kier alpha value is -3.26. The molecule has 0 bridgehead atoms. The van der Waals surface area contributed by atoms with Gasteiger partial charge in [-0.1, -0.05) is 42.0 Å². The number of piperazine rings is 1. The number of benzene rings is 2. The minimum atomic E-state index is -0.0341. The molecule has 2 amide bonds. The second-order valence-corrected chi connectivity index (χ2v) is 7.73. The summed E-state index contributed by atoms with van der Waals surface area (Å²) in [5.41, 5.74) is 2.69. The van der Waals surface area contributed by atoms with Gasteiger partial charge >= 0.3 is 0 Å². The number of rotatable bonds is 4. The Morgan fingerprint density at radius 1 is 1.00 bits per heavy atom. The molecular weight excluding hydrogens is 398 g/mol. The molecule has 1 aliphatic rings. The first kappa shape index (κ1) is 20.0. The van der Waals surface area contributed by atoms with Gasteiger partial charge in [-0.2, -0.15) is 5.10 Å². The molecule has 1 N–H and O–H groups in total. The molecule has 0 saturated carbocycles. The van der Waals surface area contributed by atoms with Gasteiger partial charge in [0, 0.05) is 37.3 Å². The first-order valence-corrected chi connectivity index (χ1v) is 10.3. The smallest absolute Gasteiger partial charge is 0.253 e. The van der Waals surface area contributed by atoms with E-state index in [4.69, 9.17) is 12.2 Å². The van der Waals surface area contributed by atoms with E-state index in [0.29, 0.717) is 42.3 Å². The van der Waals surface area contributed by atoms with E-state index >= 15 is 0 Å². The molecule has 2 aromatic carbocycles. The molecule has 7 nitrogen and oxygen atoms in total. The van der Waals surface area contributed by atoms with E-state index in [1.165, 1.54) is 0 Å². The third kappa shape index (κ3) is 4.18. The molecule has 2 heterocycles. The van der Waals surface area contributed by atoms with Crippen molar-refractivity contribution in [2.75, 3.05) is 26.2 Å². The van der Waals surface area contributed by atoms with Crippen LogP contribution in [0.2, 0.25) is 0 Å². The van der Waals surface area contributed by atoms with Crippen LogP contribution < -0.4 is 0 Å². The lowest BCUT2D eigenvalue weighted by atomic mass is 10.1. The first-order valence-electron chi connectivity index (χ1n) is 9.87. The summed E-state index contributed by atoms with van der Waals surface area (Å²) in [7, 11) is 0. The van der Waals surface area contributed by atoms with Crippen LogP contribution in [0.4, 0.5) is 0 Å². The fraction of sp³-hybridized carbons (Fsp3) is 0.273. The van der Waals surface area contributed by atoms with Crippen LogP contribution in [0.1, 0.15) is 15.9 Å². The van der Waals surface area contributed by atoms with E-state index in [-0.39, 0.29) is 18.4 Å². The number of aromatic nitrogens is 3. The standard InChI is InChI=1S/C22H23N5O2S/c1-16-6-5-9-18(14-16)20-23-24-22(30)27(20)15-19(28)25-10-12-26(13-11-25)21(29)17-7-3-2-4-8-17/h2-9,14H,10-13,15H2,1H3,(H,24,30). The number of nitrogens with zero attached hydrogens (tertiary/aromatic N) is 4. The normalized spacial score (nSPS) is 14.0. The topological polar surface area (TPSA) is 74.2 Å². The Labute approximate surface area is 179 Å². The van der Waals surface area contributed by atoms with Gasteiger partial charge in [0.25, 0.3) is 5.91 Å². The van der Waals surface area contributed by atoms with Crippen molar-refractivity contribution in [3.05, 3.63) is 70.5 Å². The molecule has 8 heteroatoms. The van der Waals surface area contributed by atoms with Crippen LogP contribution in [0.25, 0.3) is 11.4 Å². The molecule has 0 atom stereocenters. The Bertz CT molecular complexity index is 1110. The minimum absolute atomic E-state index is 0.00138. The maximum absolute atomic E-state index is 12.9. The zero-order chi connectivity index (χ0) is 21.1. The average Bonchev–Trinajstić information content (AvgIpc) is 3.14. The van der Waals surface area contributed by atoms with Crippen LogP contribution in [0.3, 0.4) is 0 Å². The molecule has 1 fully saturated rings. The van der Waals surface area contributed by atoms with Crippen molar-refractivity contribution in [1.82, 2.24) is 24.6 Å². The number of H-pyrrole nitrogens is 1. The third-order valence-corrected chi connectivity index (χ3v) is 5.58. The summed E-state index contributed by atoms with van der Waals surface area (Å²) in [5.74, 6) is 0.615. The average molecular weight is 422 g/mol. The Morgan fingerprint density at radius 2 is 1.70 bits per heavy atom. The highest BCUT2D eigenvalue weighted by molar-refractivity contribution is 7.71. The van der Waals surface area contributed by atoms with Crippen LogP contribution in [-0.2, 0) is 11.3 Å². The van der Waals surface area contributed by atoms with E-state index in [2.05, 4.69) is 10.2 Å². The molecule has 0 spiro atoms. The van der Waals surface area contributed by atoms with Crippen molar-refractivity contribution in [1.29, 1.82) is 0 Å². The lowest BCUT2D eigenvalue weighted by molar-refractivity contribution is -0.133. The molecule has 30 heavy (non-hydrogen) atoms. The van der Waals surface area contributed by atoms with Crippen molar-refractivity contribution in [2.24, 2.45) is 0 Å². The Morgan fingerprint density at radius 3 is 2.40 bits per heavy atom. The van der Waals surface area contributed by atoms with Crippen molar-refractivity contribution in [2.45, 2.75) is 13.5 Å². The number of hydrogen-bond acceptors (Lipinski definition) is 4. The number of carbonyl (C=O) groups excluding carboxylic acids is 2. The number of amides is 2. The SMILES string of the molecule is Cc1cccc(-c2n[nH]c(=S)n2CC(=O)N2CCN(C(=O)c3ccccc3)CC2)c1. The van der Waals surface area contributed by atoms with Gasteiger partial charge in [-0.25, -0.2) is 0 Å². The summed E-state index contributed by atoms with van der Waals surface area (Å²) in [4.78, 5) is 29.1. The summed E-state index contributed by atoms with van der Waals surface area (Å²) >= 11 is 5.35. The second-order valence-electron chi connectivity index (χ2n) is 7.35. The number of hydrogen-bond donors (Lipinski definition) is 1. The largest absolute Gasteiger partial charge is 0.338 e. The number of aromatic amines is 1. The summed E-state index contributed by atoms with van der Waals surface area (Å²) in [6.07, 6.45) is 0. The van der Waals surface area contributed by atoms with Crippen LogP contribution in [-0.4, -0.2) is 62.6 Å². The Balaban J connectivity index is 1.42. The van der Waals surface area contributed by atoms with Gasteiger partial charge in [-0.05, 0) is 37.3 Å². The van der Waals surface area contributed by atoms with E-state index in [1.807, 2.05) is 61.5 Å². The van der Waals surface area contributed by atoms with E-state index in [9.17, 15) is 9.59 Å². The quantitative estimate of drug-likeness (QED) is 0.658. The molecule has 4 rings (SSSR count). The number of carbonyl (C=O) groups is 2. The van der Waals surface area contributed by atoms with Gasteiger partial charge in [0.05, 0.1) is 0 Å². The summed E-state index contributed by atoms with van der Waals surface area (Å²) in [5, 5.41) is 7.11. The second kappa shape index (κ2) is 8.62. The first-order chi connectivity index (χ1) is 14.5. The number of aryl methyl sites for hydroxylation is 1. The minimum Gasteiger partial charge on any atom is -0.338 e. The highest BCUT2D eigenvalue weighted by Gasteiger charge is 2.25. The molecule has 154 valence electrons. The van der Waals surface area contributed by atoms with Crippen molar-refractivity contribution >= 4 is 24.0 Å². The van der Waals surface area contributed by atoms with E-state index in [1.54, 1.807) is 14.4 Å². The lowest BCUT2D eigenvalue weighted by Gasteiger charge is -2.35. The molecule has 0 radical (unpaired) electrons. The zero-order valence-electron chi connectivity index (χ0n) is 16.7. The highest BCUT2D eigenvalue weighted by Crippen LogP contribution is 2.19. The molecule has 0 aliphatic carbocycles. The fourth-order valence-corrected chi connectivity index (χ4v) is 3.82. The predicted molar refractivity (Wildman–Crippen MR) is 117 cm³/mol. The summed E-state index contributed by atoms with van der Waals surface area (Å²) in [6.45, 7) is 4.16. The molecule has 1 aromatic heterocycles. The van der Waals surface area contributed by atoms with Gasteiger partial charge < -0.3 is 9.80 Å². The lowest BCUT2D eigenvalue weighted by Crippen LogP contribution is -2.51. The van der Waals surface area contributed by atoms with Gasteiger partial charge in [-0.3, -0.25) is 19.3 Å². The van der Waals surface area contributed by atoms with Crippen molar-refractivity contribution < 1.29 is 9.59 Å². The maximum Gasteiger partial charge on any atom is 0.253 e. The fourth-order valence-electron chi connectivity index (χ4n) is 3.63. The van der Waals surface area contributed by atoms with Crippen LogP contribution in [0, 0.1) is 11.7 Å². The highest BCUT2D eigenvalue weighted by atomic mass is 32.1. The number of nitrogens with one attached hydrogen (secondary N) is 1. The predicted octanol–water partition coefficient (Wildman–Crippen LogP) is 2.90. The Kier molecular flexibility index (Phi) is 5.76. The zero-order valence-corrected chi connectivity index (χ0v) is 17.6.